The molecule has 1 aromatic rings. The van der Waals surface area contributed by atoms with Gasteiger partial charge in [-0.3, -0.25) is 0 Å². The van der Waals surface area contributed by atoms with Crippen molar-refractivity contribution in [3.05, 3.63) is 18.2 Å². The van der Waals surface area contributed by atoms with Crippen LogP contribution >= 0.6 is 0 Å². The number of nitrogens with two attached hydrogens (primary N) is 1. The number of rotatable bonds is 5. The van der Waals surface area contributed by atoms with E-state index < -0.39 is 0 Å². The molecule has 18 heavy (non-hydrogen) atoms. The first kappa shape index (κ1) is 13.6. The summed E-state index contributed by atoms with van der Waals surface area (Å²) in [5.74, 6) is 0.903. The van der Waals surface area contributed by atoms with Gasteiger partial charge in [-0.05, 0) is 25.2 Å². The average molecular weight is 250 g/mol. The summed E-state index contributed by atoms with van der Waals surface area (Å²) in [5, 5.41) is 3.65. The highest BCUT2D eigenvalue weighted by Crippen LogP contribution is 2.22. The summed E-state index contributed by atoms with van der Waals surface area (Å²) in [6.45, 7) is 4.78. The van der Waals surface area contributed by atoms with Crippen molar-refractivity contribution in [3.63, 3.8) is 0 Å². The predicted molar refractivity (Wildman–Crippen MR) is 74.2 cm³/mol. The van der Waals surface area contributed by atoms with Gasteiger partial charge in [0.15, 0.2) is 0 Å². The Balaban J connectivity index is 1.76. The molecule has 102 valence electrons. The molecule has 0 aromatic carbocycles. The van der Waals surface area contributed by atoms with Crippen molar-refractivity contribution < 1.29 is 0 Å². The fraction of sp³-hybridized carbons (Fsp3) is 0.786. The molecule has 0 radical (unpaired) electrons. The van der Waals surface area contributed by atoms with Crippen LogP contribution in [0.2, 0.25) is 0 Å². The molecule has 0 saturated heterocycles. The molecule has 1 aliphatic rings. The quantitative estimate of drug-likeness (QED) is 0.785. The smallest absolute Gasteiger partial charge is 0.0950 e. The number of hydrogen-bond acceptors (Lipinski definition) is 3. The van der Waals surface area contributed by atoms with Crippen molar-refractivity contribution >= 4 is 0 Å². The van der Waals surface area contributed by atoms with Crippen LogP contribution in [0.4, 0.5) is 0 Å². The van der Waals surface area contributed by atoms with E-state index in [9.17, 15) is 0 Å². The third-order valence-electron chi connectivity index (χ3n) is 3.90. The molecule has 2 atom stereocenters. The molecule has 1 aromatic heterocycles. The van der Waals surface area contributed by atoms with Crippen molar-refractivity contribution in [2.24, 2.45) is 11.7 Å². The number of hydrogen-bond donors (Lipinski definition) is 2. The largest absolute Gasteiger partial charge is 0.336 e. The zero-order valence-electron chi connectivity index (χ0n) is 11.4. The van der Waals surface area contributed by atoms with Crippen LogP contribution in [0.3, 0.4) is 0 Å². The number of nitrogens with zero attached hydrogens (tertiary/aromatic N) is 2. The monoisotopic (exact) mass is 250 g/mol. The van der Waals surface area contributed by atoms with Crippen molar-refractivity contribution in [1.29, 1.82) is 0 Å². The van der Waals surface area contributed by atoms with E-state index in [1.165, 1.54) is 32.1 Å². The lowest BCUT2D eigenvalue weighted by Crippen LogP contribution is -2.28. The van der Waals surface area contributed by atoms with Crippen molar-refractivity contribution in [2.75, 3.05) is 6.54 Å². The van der Waals surface area contributed by atoms with Crippen LogP contribution in [-0.2, 0) is 13.1 Å². The molecule has 0 spiro atoms. The Hall–Kier alpha value is -0.870. The second-order valence-corrected chi connectivity index (χ2v) is 5.58. The summed E-state index contributed by atoms with van der Waals surface area (Å²) in [4.78, 5) is 4.40. The third-order valence-corrected chi connectivity index (χ3v) is 3.90. The van der Waals surface area contributed by atoms with E-state index in [-0.39, 0.29) is 0 Å². The molecule has 1 saturated carbocycles. The van der Waals surface area contributed by atoms with Gasteiger partial charge in [-0.15, -0.1) is 0 Å². The van der Waals surface area contributed by atoms with Crippen molar-refractivity contribution in [2.45, 2.75) is 58.2 Å². The van der Waals surface area contributed by atoms with Crippen LogP contribution < -0.4 is 11.1 Å². The lowest BCUT2D eigenvalue weighted by Gasteiger charge is -2.15. The van der Waals surface area contributed by atoms with Gasteiger partial charge in [0.1, 0.15) is 0 Å². The Morgan fingerprint density at radius 1 is 1.39 bits per heavy atom. The van der Waals surface area contributed by atoms with Crippen molar-refractivity contribution in [1.82, 2.24) is 14.9 Å². The minimum atomic E-state index is 0.670. The summed E-state index contributed by atoms with van der Waals surface area (Å²) in [7, 11) is 0. The van der Waals surface area contributed by atoms with Gasteiger partial charge in [0.2, 0.25) is 0 Å². The molecule has 2 unspecified atom stereocenters. The van der Waals surface area contributed by atoms with Crippen molar-refractivity contribution in [3.8, 4) is 0 Å². The topological polar surface area (TPSA) is 55.9 Å². The molecular weight excluding hydrogens is 224 g/mol. The maximum Gasteiger partial charge on any atom is 0.0950 e. The fourth-order valence-electron chi connectivity index (χ4n) is 2.71. The Morgan fingerprint density at radius 2 is 2.28 bits per heavy atom. The maximum atomic E-state index is 5.53. The Bertz CT molecular complexity index is 347. The van der Waals surface area contributed by atoms with Crippen LogP contribution in [0.15, 0.2) is 12.5 Å². The molecule has 0 aliphatic heterocycles. The van der Waals surface area contributed by atoms with E-state index in [4.69, 9.17) is 5.73 Å². The predicted octanol–water partition coefficient (Wildman–Crippen LogP) is 1.90. The highest BCUT2D eigenvalue weighted by molar-refractivity contribution is 4.96. The van der Waals surface area contributed by atoms with E-state index >= 15 is 0 Å². The second-order valence-electron chi connectivity index (χ2n) is 5.58. The molecule has 0 bridgehead atoms. The lowest BCUT2D eigenvalue weighted by molar-refractivity contribution is 0.445. The highest BCUT2D eigenvalue weighted by atomic mass is 15.1. The first-order chi connectivity index (χ1) is 8.78. The van der Waals surface area contributed by atoms with E-state index in [0.29, 0.717) is 12.6 Å². The standard InChI is InChI=1S/C14H26N4/c1-12-3-2-4-13(6-5-12)16-9-14-10-18(8-7-15)11-17-14/h10-13,16H,2-9,15H2,1H3. The zero-order chi connectivity index (χ0) is 12.8. The van der Waals surface area contributed by atoms with Gasteiger partial charge in [-0.2, -0.15) is 0 Å². The van der Waals surface area contributed by atoms with E-state index in [0.717, 1.165) is 24.7 Å². The van der Waals surface area contributed by atoms with Crippen LogP contribution in [0.1, 0.15) is 44.7 Å². The van der Waals surface area contributed by atoms with Gasteiger partial charge in [0.05, 0.1) is 12.0 Å². The summed E-state index contributed by atoms with van der Waals surface area (Å²) in [6.07, 6.45) is 10.7. The normalized spacial score (nSPS) is 25.0. The highest BCUT2D eigenvalue weighted by Gasteiger charge is 2.15. The Morgan fingerprint density at radius 3 is 3.11 bits per heavy atom. The molecule has 1 heterocycles. The summed E-state index contributed by atoms with van der Waals surface area (Å²) >= 11 is 0. The number of imidazole rings is 1. The molecule has 1 fully saturated rings. The molecular formula is C14H26N4. The summed E-state index contributed by atoms with van der Waals surface area (Å²) in [5.41, 5.74) is 6.65. The molecule has 4 heteroatoms. The summed E-state index contributed by atoms with van der Waals surface area (Å²) < 4.78 is 2.06. The molecule has 4 nitrogen and oxygen atoms in total. The molecule has 2 rings (SSSR count). The minimum absolute atomic E-state index is 0.670. The first-order valence-corrected chi connectivity index (χ1v) is 7.22. The average Bonchev–Trinajstić information content (AvgIpc) is 2.70. The first-order valence-electron chi connectivity index (χ1n) is 7.22. The molecule has 1 aliphatic carbocycles. The number of aromatic nitrogens is 2. The minimum Gasteiger partial charge on any atom is -0.336 e. The lowest BCUT2D eigenvalue weighted by atomic mass is 10.0. The Kier molecular flexibility index (Phi) is 5.20. The van der Waals surface area contributed by atoms with Crippen LogP contribution in [0.25, 0.3) is 0 Å². The zero-order valence-corrected chi connectivity index (χ0v) is 11.4. The molecule has 3 N–H and O–H groups in total. The fourth-order valence-corrected chi connectivity index (χ4v) is 2.71. The molecule has 0 amide bonds. The SMILES string of the molecule is CC1CCCC(NCc2cn(CCN)cn2)CC1. The van der Waals surface area contributed by atoms with Crippen LogP contribution in [0, 0.1) is 5.92 Å². The summed E-state index contributed by atoms with van der Waals surface area (Å²) in [6, 6.07) is 0.676. The maximum absolute atomic E-state index is 5.53. The van der Waals surface area contributed by atoms with Gasteiger partial charge < -0.3 is 15.6 Å². The van der Waals surface area contributed by atoms with Gasteiger partial charge in [0, 0.05) is 31.9 Å². The van der Waals surface area contributed by atoms with Crippen LogP contribution in [-0.4, -0.2) is 22.1 Å². The van der Waals surface area contributed by atoms with E-state index in [1.807, 2.05) is 6.33 Å². The van der Waals surface area contributed by atoms with Gasteiger partial charge in [-0.25, -0.2) is 4.98 Å². The van der Waals surface area contributed by atoms with Gasteiger partial charge in [-0.1, -0.05) is 19.8 Å². The van der Waals surface area contributed by atoms with Gasteiger partial charge >= 0.3 is 0 Å². The van der Waals surface area contributed by atoms with E-state index in [2.05, 4.69) is 28.0 Å². The third kappa shape index (κ3) is 4.10. The van der Waals surface area contributed by atoms with E-state index in [1.54, 1.807) is 0 Å². The van der Waals surface area contributed by atoms with Crippen LogP contribution in [0.5, 0.6) is 0 Å². The van der Waals surface area contributed by atoms with Gasteiger partial charge in [0.25, 0.3) is 0 Å². The number of nitrogens with one attached hydrogen (secondary N) is 1. The Labute approximate surface area is 110 Å². The second kappa shape index (κ2) is 6.90.